The molecule has 2 amide bonds. The molecule has 0 aliphatic heterocycles. The molecule has 0 spiro atoms. The van der Waals surface area contributed by atoms with E-state index in [1.807, 2.05) is 12.1 Å². The van der Waals surface area contributed by atoms with Gasteiger partial charge in [0.1, 0.15) is 5.76 Å². The Labute approximate surface area is 190 Å². The number of rotatable bonds is 5. The van der Waals surface area contributed by atoms with Gasteiger partial charge >= 0.3 is 0 Å². The molecule has 0 radical (unpaired) electrons. The van der Waals surface area contributed by atoms with Gasteiger partial charge in [-0.3, -0.25) is 14.9 Å². The van der Waals surface area contributed by atoms with Gasteiger partial charge in [-0.2, -0.15) is 0 Å². The van der Waals surface area contributed by atoms with Crippen LogP contribution >= 0.6 is 22.9 Å². The maximum Gasteiger partial charge on any atom is 0.293 e. The molecule has 0 unspecified atom stereocenters. The van der Waals surface area contributed by atoms with E-state index >= 15 is 0 Å². The largest absolute Gasteiger partial charge is 0.459 e. The van der Waals surface area contributed by atoms with E-state index in [0.29, 0.717) is 27.1 Å². The normalized spacial score (nSPS) is 10.9. The molecule has 0 saturated heterocycles. The zero-order chi connectivity index (χ0) is 22.1. The minimum absolute atomic E-state index is 0.177. The summed E-state index contributed by atoms with van der Waals surface area (Å²) in [7, 11) is 0. The number of carbonyl (C=O) groups excluding carboxylic acids is 2. The molecule has 3 heterocycles. The second-order valence-electron chi connectivity index (χ2n) is 6.76. The number of hydrogen-bond donors (Lipinski definition) is 2. The average molecular weight is 464 g/mol. The van der Waals surface area contributed by atoms with E-state index in [4.69, 9.17) is 20.4 Å². The number of hydrogen-bond acceptors (Lipinski definition) is 6. The van der Waals surface area contributed by atoms with Crippen molar-refractivity contribution in [2.45, 2.75) is 0 Å². The van der Waals surface area contributed by atoms with Crippen molar-refractivity contribution in [3.05, 3.63) is 89.5 Å². The Bertz CT molecular complexity index is 1440. The van der Waals surface area contributed by atoms with Gasteiger partial charge < -0.3 is 14.2 Å². The van der Waals surface area contributed by atoms with Gasteiger partial charge in [-0.05, 0) is 54.6 Å². The molecule has 0 saturated carbocycles. The molecule has 158 valence electrons. The fourth-order valence-electron chi connectivity index (χ4n) is 3.07. The zero-order valence-corrected chi connectivity index (χ0v) is 17.9. The van der Waals surface area contributed by atoms with E-state index in [0.717, 1.165) is 10.3 Å². The van der Waals surface area contributed by atoms with Crippen molar-refractivity contribution < 1.29 is 18.4 Å². The van der Waals surface area contributed by atoms with Gasteiger partial charge in [0, 0.05) is 16.3 Å². The molecule has 0 aliphatic rings. The van der Waals surface area contributed by atoms with Gasteiger partial charge in [0.25, 0.3) is 11.8 Å². The summed E-state index contributed by atoms with van der Waals surface area (Å²) < 4.78 is 11.6. The smallest absolute Gasteiger partial charge is 0.293 e. The molecule has 5 rings (SSSR count). The number of anilines is 2. The summed E-state index contributed by atoms with van der Waals surface area (Å²) in [5, 5.41) is 6.54. The molecule has 2 aromatic carbocycles. The third kappa shape index (κ3) is 4.14. The number of nitrogens with one attached hydrogen (secondary N) is 2. The Morgan fingerprint density at radius 2 is 1.78 bits per heavy atom. The Balaban J connectivity index is 1.31. The number of amides is 2. The van der Waals surface area contributed by atoms with Gasteiger partial charge in [-0.1, -0.05) is 35.1 Å². The van der Waals surface area contributed by atoms with E-state index < -0.39 is 0 Å². The fraction of sp³-hybridized carbons (Fsp3) is 0. The lowest BCUT2D eigenvalue weighted by Gasteiger charge is -2.03. The summed E-state index contributed by atoms with van der Waals surface area (Å²) in [6, 6.07) is 19.0. The van der Waals surface area contributed by atoms with Gasteiger partial charge in [-0.15, -0.1) is 0 Å². The van der Waals surface area contributed by atoms with Crippen molar-refractivity contribution >= 4 is 55.8 Å². The van der Waals surface area contributed by atoms with Crippen molar-refractivity contribution in [2.24, 2.45) is 0 Å². The molecule has 32 heavy (non-hydrogen) atoms. The topological polar surface area (TPSA) is 97.4 Å². The predicted octanol–water partition coefficient (Wildman–Crippen LogP) is 6.31. The van der Waals surface area contributed by atoms with Gasteiger partial charge in [0.2, 0.25) is 0 Å². The van der Waals surface area contributed by atoms with E-state index in [2.05, 4.69) is 15.6 Å². The van der Waals surface area contributed by atoms with Crippen LogP contribution in [-0.2, 0) is 0 Å². The lowest BCUT2D eigenvalue weighted by Crippen LogP contribution is -2.10. The second kappa shape index (κ2) is 8.33. The number of aromatic nitrogens is 1. The Morgan fingerprint density at radius 1 is 0.906 bits per heavy atom. The van der Waals surface area contributed by atoms with Crippen molar-refractivity contribution in [1.82, 2.24) is 4.98 Å². The van der Waals surface area contributed by atoms with Crippen LogP contribution in [0.1, 0.15) is 21.1 Å². The number of halogens is 1. The van der Waals surface area contributed by atoms with Crippen LogP contribution in [0.4, 0.5) is 10.8 Å². The van der Waals surface area contributed by atoms with Gasteiger partial charge in [0.05, 0.1) is 16.5 Å². The first-order valence-corrected chi connectivity index (χ1v) is 10.7. The molecule has 0 aliphatic carbocycles. The third-order valence-corrected chi connectivity index (χ3v) is 5.72. The predicted molar refractivity (Wildman–Crippen MR) is 123 cm³/mol. The number of furan rings is 2. The van der Waals surface area contributed by atoms with Crippen LogP contribution in [0.3, 0.4) is 0 Å². The summed E-state index contributed by atoms with van der Waals surface area (Å²) in [6.45, 7) is 0. The first-order valence-electron chi connectivity index (χ1n) is 9.48. The van der Waals surface area contributed by atoms with Crippen LogP contribution in [0.15, 0.2) is 81.8 Å². The highest BCUT2D eigenvalue weighted by atomic mass is 35.5. The van der Waals surface area contributed by atoms with Crippen molar-refractivity contribution in [3.63, 3.8) is 0 Å². The van der Waals surface area contributed by atoms with E-state index in [-0.39, 0.29) is 23.3 Å². The standard InChI is InChI=1S/C23H14ClN3O4S/c24-14-4-1-3-13(11-14)17-8-9-19(31-17)22(29)25-15-6-7-16-20(12-15)32-23(26-16)27-21(28)18-5-2-10-30-18/h1-12H,(H,25,29)(H,26,27,28). The number of benzene rings is 2. The van der Waals surface area contributed by atoms with Crippen molar-refractivity contribution in [3.8, 4) is 11.3 Å². The van der Waals surface area contributed by atoms with Crippen molar-refractivity contribution in [1.29, 1.82) is 0 Å². The first kappa shape index (κ1) is 20.0. The van der Waals surface area contributed by atoms with E-state index in [9.17, 15) is 9.59 Å². The zero-order valence-electron chi connectivity index (χ0n) is 16.3. The first-order chi connectivity index (χ1) is 15.5. The number of thiazole rings is 1. The van der Waals surface area contributed by atoms with Crippen LogP contribution in [0.2, 0.25) is 5.02 Å². The van der Waals surface area contributed by atoms with E-state index in [1.54, 1.807) is 54.6 Å². The molecule has 2 N–H and O–H groups in total. The van der Waals surface area contributed by atoms with Crippen LogP contribution in [-0.4, -0.2) is 16.8 Å². The summed E-state index contributed by atoms with van der Waals surface area (Å²) in [4.78, 5) is 29.2. The SMILES string of the molecule is O=C(Nc1nc2ccc(NC(=O)c3ccc(-c4cccc(Cl)c4)o3)cc2s1)c1ccco1. The fourth-order valence-corrected chi connectivity index (χ4v) is 4.16. The molecule has 7 nitrogen and oxygen atoms in total. The van der Waals surface area contributed by atoms with Crippen LogP contribution < -0.4 is 10.6 Å². The lowest BCUT2D eigenvalue weighted by atomic mass is 10.2. The average Bonchev–Trinajstić information content (AvgIpc) is 3.53. The molecular formula is C23H14ClN3O4S. The summed E-state index contributed by atoms with van der Waals surface area (Å²) in [5.74, 6) is 0.167. The molecule has 9 heteroatoms. The molecule has 5 aromatic rings. The van der Waals surface area contributed by atoms with E-state index in [1.165, 1.54) is 17.6 Å². The highest BCUT2D eigenvalue weighted by Gasteiger charge is 2.15. The summed E-state index contributed by atoms with van der Waals surface area (Å²) in [5.41, 5.74) is 2.06. The highest BCUT2D eigenvalue weighted by Crippen LogP contribution is 2.29. The number of carbonyl (C=O) groups is 2. The minimum atomic E-state index is -0.381. The van der Waals surface area contributed by atoms with Crippen LogP contribution in [0.5, 0.6) is 0 Å². The number of nitrogens with zero attached hydrogens (tertiary/aromatic N) is 1. The summed E-state index contributed by atoms with van der Waals surface area (Å²) >= 11 is 7.31. The third-order valence-electron chi connectivity index (χ3n) is 4.55. The molecule has 0 fully saturated rings. The monoisotopic (exact) mass is 463 g/mol. The molecule has 3 aromatic heterocycles. The maximum atomic E-state index is 12.6. The van der Waals surface area contributed by atoms with Gasteiger partial charge in [-0.25, -0.2) is 4.98 Å². The molecular weight excluding hydrogens is 450 g/mol. The quantitative estimate of drug-likeness (QED) is 0.318. The second-order valence-corrected chi connectivity index (χ2v) is 8.23. The minimum Gasteiger partial charge on any atom is -0.459 e. The Hall–Kier alpha value is -3.88. The highest BCUT2D eigenvalue weighted by molar-refractivity contribution is 7.22. The maximum absolute atomic E-state index is 12.6. The van der Waals surface area contributed by atoms with Gasteiger partial charge in [0.15, 0.2) is 16.7 Å². The van der Waals surface area contributed by atoms with Crippen LogP contribution in [0.25, 0.3) is 21.5 Å². The Morgan fingerprint density at radius 3 is 2.59 bits per heavy atom. The number of fused-ring (bicyclic) bond motifs is 1. The van der Waals surface area contributed by atoms with Crippen LogP contribution in [0, 0.1) is 0 Å². The summed E-state index contributed by atoms with van der Waals surface area (Å²) in [6.07, 6.45) is 1.43. The lowest BCUT2D eigenvalue weighted by molar-refractivity contribution is 0.0989. The molecule has 0 atom stereocenters. The Kier molecular flexibility index (Phi) is 5.22. The van der Waals surface area contributed by atoms with Crippen molar-refractivity contribution in [2.75, 3.05) is 10.6 Å². The molecule has 0 bridgehead atoms.